The topological polar surface area (TPSA) is 128 Å². The number of esters is 1. The summed E-state index contributed by atoms with van der Waals surface area (Å²) in [6, 6.07) is 6.60. The molecular weight excluding hydrogens is 340 g/mol. The highest BCUT2D eigenvalue weighted by atomic mass is 16.5. The Morgan fingerprint density at radius 2 is 2.00 bits per heavy atom. The maximum absolute atomic E-state index is 12.2. The predicted octanol–water partition coefficient (Wildman–Crippen LogP) is 0.241. The van der Waals surface area contributed by atoms with Gasteiger partial charge in [0.25, 0.3) is 11.8 Å². The Morgan fingerprint density at radius 1 is 1.23 bits per heavy atom. The molecule has 0 bridgehead atoms. The van der Waals surface area contributed by atoms with Crippen LogP contribution in [0.15, 0.2) is 30.6 Å². The van der Waals surface area contributed by atoms with Gasteiger partial charge in [-0.25, -0.2) is 4.68 Å². The van der Waals surface area contributed by atoms with Crippen LogP contribution in [0.1, 0.15) is 24.2 Å². The number of tetrazole rings is 1. The fourth-order valence-electron chi connectivity index (χ4n) is 1.95. The largest absolute Gasteiger partial charge is 0.454 e. The van der Waals surface area contributed by atoms with Gasteiger partial charge in [0.05, 0.1) is 11.3 Å². The molecule has 2 aromatic rings. The molecule has 1 aromatic heterocycles. The van der Waals surface area contributed by atoms with Crippen LogP contribution in [-0.4, -0.2) is 51.1 Å². The maximum Gasteiger partial charge on any atom is 0.328 e. The third-order valence-corrected chi connectivity index (χ3v) is 3.16. The minimum Gasteiger partial charge on any atom is -0.454 e. The number of benzene rings is 1. The molecule has 10 heteroatoms. The average molecular weight is 360 g/mol. The normalized spacial score (nSPS) is 10.4. The van der Waals surface area contributed by atoms with Crippen molar-refractivity contribution < 1.29 is 19.1 Å². The third kappa shape index (κ3) is 5.96. The van der Waals surface area contributed by atoms with Crippen LogP contribution in [0.2, 0.25) is 0 Å². The zero-order valence-electron chi connectivity index (χ0n) is 14.5. The zero-order valence-corrected chi connectivity index (χ0v) is 14.5. The lowest BCUT2D eigenvalue weighted by Gasteiger charge is -2.12. The number of ether oxygens (including phenoxy) is 1. The number of hydrogen-bond acceptors (Lipinski definition) is 7. The summed E-state index contributed by atoms with van der Waals surface area (Å²) < 4.78 is 6.04. The highest BCUT2D eigenvalue weighted by Gasteiger charge is 2.14. The summed E-state index contributed by atoms with van der Waals surface area (Å²) in [7, 11) is 0. The molecule has 10 nitrogen and oxygen atoms in total. The SMILES string of the molecule is CC(C)CNC(=O)c1ccccc1NC(=O)COC(=O)Cn1cnnn1. The number of aromatic nitrogens is 4. The average Bonchev–Trinajstić information content (AvgIpc) is 3.11. The molecule has 26 heavy (non-hydrogen) atoms. The fourth-order valence-corrected chi connectivity index (χ4v) is 1.95. The van der Waals surface area contributed by atoms with Crippen molar-refractivity contribution in [3.63, 3.8) is 0 Å². The Balaban J connectivity index is 1.88. The second kappa shape index (κ2) is 9.25. The van der Waals surface area contributed by atoms with E-state index in [0.29, 0.717) is 23.7 Å². The van der Waals surface area contributed by atoms with E-state index in [1.54, 1.807) is 24.3 Å². The molecule has 0 unspecified atom stereocenters. The zero-order chi connectivity index (χ0) is 18.9. The van der Waals surface area contributed by atoms with Gasteiger partial charge in [0.15, 0.2) is 6.61 Å². The summed E-state index contributed by atoms with van der Waals surface area (Å²) in [5.41, 5.74) is 0.678. The lowest BCUT2D eigenvalue weighted by molar-refractivity contribution is -0.148. The molecule has 0 aliphatic rings. The van der Waals surface area contributed by atoms with Gasteiger partial charge >= 0.3 is 5.97 Å². The van der Waals surface area contributed by atoms with Crippen molar-refractivity contribution in [3.05, 3.63) is 36.2 Å². The smallest absolute Gasteiger partial charge is 0.328 e. The Bertz CT molecular complexity index is 760. The van der Waals surface area contributed by atoms with E-state index in [1.807, 2.05) is 13.8 Å². The van der Waals surface area contributed by atoms with E-state index in [0.717, 1.165) is 0 Å². The lowest BCUT2D eigenvalue weighted by atomic mass is 10.1. The number of nitrogens with one attached hydrogen (secondary N) is 2. The minimum absolute atomic E-state index is 0.200. The Labute approximate surface area is 149 Å². The van der Waals surface area contributed by atoms with Crippen molar-refractivity contribution in [3.8, 4) is 0 Å². The molecule has 1 heterocycles. The fraction of sp³-hybridized carbons (Fsp3) is 0.375. The van der Waals surface area contributed by atoms with Gasteiger partial charge in [-0.15, -0.1) is 5.10 Å². The monoisotopic (exact) mass is 360 g/mol. The van der Waals surface area contributed by atoms with Crippen molar-refractivity contribution in [1.29, 1.82) is 0 Å². The van der Waals surface area contributed by atoms with E-state index in [4.69, 9.17) is 4.74 Å². The quantitative estimate of drug-likeness (QED) is 0.645. The van der Waals surface area contributed by atoms with Gasteiger partial charge in [-0.1, -0.05) is 26.0 Å². The van der Waals surface area contributed by atoms with Gasteiger partial charge in [0, 0.05) is 6.54 Å². The van der Waals surface area contributed by atoms with Crippen molar-refractivity contribution in [2.45, 2.75) is 20.4 Å². The Hall–Kier alpha value is -3.30. The predicted molar refractivity (Wildman–Crippen MR) is 91.0 cm³/mol. The van der Waals surface area contributed by atoms with E-state index in [1.165, 1.54) is 11.0 Å². The number of nitrogens with zero attached hydrogens (tertiary/aromatic N) is 4. The summed E-state index contributed by atoms with van der Waals surface area (Å²) in [5.74, 6) is -1.19. The molecule has 1 aromatic carbocycles. The minimum atomic E-state index is -0.657. The second-order valence-corrected chi connectivity index (χ2v) is 5.87. The Kier molecular flexibility index (Phi) is 6.77. The van der Waals surface area contributed by atoms with Crippen LogP contribution in [0.5, 0.6) is 0 Å². The number of para-hydroxylation sites is 1. The van der Waals surface area contributed by atoms with E-state index < -0.39 is 18.5 Å². The van der Waals surface area contributed by atoms with Crippen LogP contribution < -0.4 is 10.6 Å². The number of rotatable bonds is 8. The van der Waals surface area contributed by atoms with Gasteiger partial charge in [-0.2, -0.15) is 0 Å². The first-order valence-corrected chi connectivity index (χ1v) is 7.99. The van der Waals surface area contributed by atoms with Crippen LogP contribution in [0.4, 0.5) is 5.69 Å². The first kappa shape index (κ1) is 19.0. The van der Waals surface area contributed by atoms with Gasteiger partial charge < -0.3 is 15.4 Å². The van der Waals surface area contributed by atoms with Gasteiger partial charge in [0.2, 0.25) is 0 Å². The van der Waals surface area contributed by atoms with Crippen molar-refractivity contribution >= 4 is 23.5 Å². The van der Waals surface area contributed by atoms with Crippen LogP contribution >= 0.6 is 0 Å². The maximum atomic E-state index is 12.2. The van der Waals surface area contributed by atoms with Crippen LogP contribution in [0.25, 0.3) is 0 Å². The molecule has 2 amide bonds. The molecule has 0 atom stereocenters. The summed E-state index contributed by atoms with van der Waals surface area (Å²) in [6.07, 6.45) is 1.26. The van der Waals surface area contributed by atoms with Gasteiger partial charge in [-0.05, 0) is 28.5 Å². The molecule has 0 saturated heterocycles. The number of hydrogen-bond donors (Lipinski definition) is 2. The summed E-state index contributed by atoms with van der Waals surface area (Å²) in [4.78, 5) is 35.8. The molecule has 138 valence electrons. The van der Waals surface area contributed by atoms with Crippen molar-refractivity contribution in [2.24, 2.45) is 5.92 Å². The lowest BCUT2D eigenvalue weighted by Crippen LogP contribution is -2.29. The van der Waals surface area contributed by atoms with E-state index >= 15 is 0 Å². The van der Waals surface area contributed by atoms with Crippen LogP contribution in [0.3, 0.4) is 0 Å². The molecule has 0 radical (unpaired) electrons. The first-order valence-electron chi connectivity index (χ1n) is 7.99. The highest BCUT2D eigenvalue weighted by molar-refractivity contribution is 6.04. The molecular formula is C16H20N6O4. The second-order valence-electron chi connectivity index (χ2n) is 5.87. The summed E-state index contributed by atoms with van der Waals surface area (Å²) >= 11 is 0. The van der Waals surface area contributed by atoms with Crippen molar-refractivity contribution in [1.82, 2.24) is 25.5 Å². The van der Waals surface area contributed by atoms with Crippen LogP contribution in [0, 0.1) is 5.92 Å². The molecule has 0 aliphatic carbocycles. The van der Waals surface area contributed by atoms with E-state index in [9.17, 15) is 14.4 Å². The molecule has 0 aliphatic heterocycles. The molecule has 0 spiro atoms. The highest BCUT2D eigenvalue weighted by Crippen LogP contribution is 2.15. The first-order chi connectivity index (χ1) is 12.5. The van der Waals surface area contributed by atoms with E-state index in [-0.39, 0.29) is 12.5 Å². The standard InChI is InChI=1S/C16H20N6O4/c1-11(2)7-17-16(25)12-5-3-4-6-13(12)19-14(23)9-26-15(24)8-22-10-18-20-21-22/h3-6,10-11H,7-9H2,1-2H3,(H,17,25)(H,19,23). The molecule has 0 saturated carbocycles. The Morgan fingerprint density at radius 3 is 2.69 bits per heavy atom. The molecule has 2 rings (SSSR count). The van der Waals surface area contributed by atoms with Crippen molar-refractivity contribution in [2.75, 3.05) is 18.5 Å². The molecule has 0 fully saturated rings. The van der Waals surface area contributed by atoms with Gasteiger partial charge in [-0.3, -0.25) is 14.4 Å². The van der Waals surface area contributed by atoms with Crippen LogP contribution in [-0.2, 0) is 20.9 Å². The third-order valence-electron chi connectivity index (χ3n) is 3.16. The molecule has 2 N–H and O–H groups in total. The van der Waals surface area contributed by atoms with E-state index in [2.05, 4.69) is 26.2 Å². The van der Waals surface area contributed by atoms with Gasteiger partial charge in [0.1, 0.15) is 12.9 Å². The number of anilines is 1. The number of amides is 2. The summed E-state index contributed by atoms with van der Waals surface area (Å²) in [6.45, 7) is 3.81. The number of carbonyl (C=O) groups excluding carboxylic acids is 3. The number of carbonyl (C=O) groups is 3. The summed E-state index contributed by atoms with van der Waals surface area (Å²) in [5, 5.41) is 15.7.